The van der Waals surface area contributed by atoms with Crippen molar-refractivity contribution < 1.29 is 4.79 Å². The third-order valence-corrected chi connectivity index (χ3v) is 3.93. The highest BCUT2D eigenvalue weighted by molar-refractivity contribution is 6.34. The maximum atomic E-state index is 12.3. The van der Waals surface area contributed by atoms with E-state index in [1.54, 1.807) is 23.1 Å². The number of nitrogens with two attached hydrogens (primary N) is 1. The number of halogens is 1. The number of carbonyl (C=O) groups is 1. The van der Waals surface area contributed by atoms with Gasteiger partial charge in [0.2, 0.25) is 0 Å². The second-order valence-electron chi connectivity index (χ2n) is 5.04. The van der Waals surface area contributed by atoms with E-state index in [0.717, 1.165) is 6.54 Å². The smallest absolute Gasteiger partial charge is 0.257 e. The first-order valence-electron chi connectivity index (χ1n) is 6.39. The molecule has 4 heteroatoms. The molecule has 0 aliphatic heterocycles. The van der Waals surface area contributed by atoms with Crippen LogP contribution in [-0.4, -0.2) is 24.4 Å². The van der Waals surface area contributed by atoms with E-state index in [1.807, 2.05) is 7.05 Å². The molecule has 98 valence electrons. The molecular formula is C14H19ClN2O. The van der Waals surface area contributed by atoms with Crippen molar-refractivity contribution in [3.63, 3.8) is 0 Å². The molecule has 1 aliphatic rings. The highest BCUT2D eigenvalue weighted by Crippen LogP contribution is 2.27. The van der Waals surface area contributed by atoms with Crippen LogP contribution in [0.3, 0.4) is 0 Å². The van der Waals surface area contributed by atoms with Gasteiger partial charge in [-0.3, -0.25) is 4.79 Å². The van der Waals surface area contributed by atoms with Gasteiger partial charge in [-0.15, -0.1) is 0 Å². The fourth-order valence-corrected chi connectivity index (χ4v) is 2.88. The monoisotopic (exact) mass is 266 g/mol. The lowest BCUT2D eigenvalue weighted by Gasteiger charge is -2.22. The van der Waals surface area contributed by atoms with E-state index in [9.17, 15) is 4.79 Å². The van der Waals surface area contributed by atoms with E-state index in [2.05, 4.69) is 0 Å². The summed E-state index contributed by atoms with van der Waals surface area (Å²) in [6.07, 6.45) is 4.99. The van der Waals surface area contributed by atoms with Crippen LogP contribution in [0.5, 0.6) is 0 Å². The average Bonchev–Trinajstić information content (AvgIpc) is 2.81. The van der Waals surface area contributed by atoms with Crippen molar-refractivity contribution in [2.24, 2.45) is 5.92 Å². The molecule has 1 saturated carbocycles. The Morgan fingerprint density at radius 1 is 1.44 bits per heavy atom. The van der Waals surface area contributed by atoms with Crippen molar-refractivity contribution >= 4 is 23.2 Å². The zero-order chi connectivity index (χ0) is 13.1. The molecule has 18 heavy (non-hydrogen) atoms. The van der Waals surface area contributed by atoms with Crippen LogP contribution in [0.2, 0.25) is 5.02 Å². The summed E-state index contributed by atoms with van der Waals surface area (Å²) in [4.78, 5) is 14.1. The third kappa shape index (κ3) is 2.78. The number of benzene rings is 1. The van der Waals surface area contributed by atoms with Crippen LogP contribution in [0.4, 0.5) is 5.69 Å². The fourth-order valence-electron chi connectivity index (χ4n) is 2.62. The maximum absolute atomic E-state index is 12.3. The van der Waals surface area contributed by atoms with Crippen LogP contribution in [-0.2, 0) is 0 Å². The Hall–Kier alpha value is -1.22. The topological polar surface area (TPSA) is 46.3 Å². The van der Waals surface area contributed by atoms with Gasteiger partial charge in [-0.2, -0.15) is 0 Å². The molecule has 0 atom stereocenters. The summed E-state index contributed by atoms with van der Waals surface area (Å²) in [6.45, 7) is 0.795. The molecule has 0 heterocycles. The van der Waals surface area contributed by atoms with Gasteiger partial charge in [0, 0.05) is 19.3 Å². The molecule has 0 radical (unpaired) electrons. The van der Waals surface area contributed by atoms with Crippen LogP contribution in [0.15, 0.2) is 18.2 Å². The van der Waals surface area contributed by atoms with Crippen LogP contribution in [0.25, 0.3) is 0 Å². The lowest BCUT2D eigenvalue weighted by atomic mass is 10.1. The minimum absolute atomic E-state index is 0.0787. The van der Waals surface area contributed by atoms with Gasteiger partial charge < -0.3 is 10.6 Å². The van der Waals surface area contributed by atoms with Crippen LogP contribution >= 0.6 is 11.6 Å². The highest BCUT2D eigenvalue weighted by Gasteiger charge is 2.22. The fraction of sp³-hybridized carbons (Fsp3) is 0.500. The number of nitrogen functional groups attached to an aromatic ring is 1. The zero-order valence-electron chi connectivity index (χ0n) is 10.7. The number of carbonyl (C=O) groups excluding carboxylic acids is 1. The van der Waals surface area contributed by atoms with Crippen molar-refractivity contribution in [1.82, 2.24) is 4.90 Å². The van der Waals surface area contributed by atoms with Crippen LogP contribution in [0.1, 0.15) is 36.0 Å². The lowest BCUT2D eigenvalue weighted by molar-refractivity contribution is 0.0774. The van der Waals surface area contributed by atoms with Crippen molar-refractivity contribution in [2.75, 3.05) is 19.3 Å². The normalized spacial score (nSPS) is 15.9. The highest BCUT2D eigenvalue weighted by atomic mass is 35.5. The third-order valence-electron chi connectivity index (χ3n) is 3.61. The molecule has 0 bridgehead atoms. The predicted octanol–water partition coefficient (Wildman–Crippen LogP) is 3.18. The van der Waals surface area contributed by atoms with Crippen LogP contribution in [0, 0.1) is 5.92 Å². The van der Waals surface area contributed by atoms with E-state index in [-0.39, 0.29) is 5.91 Å². The SMILES string of the molecule is CN(CC1CCCC1)C(=O)c1c(N)cccc1Cl. The molecule has 1 aliphatic carbocycles. The van der Waals surface area contributed by atoms with E-state index in [0.29, 0.717) is 22.2 Å². The van der Waals surface area contributed by atoms with Crippen molar-refractivity contribution in [3.05, 3.63) is 28.8 Å². The Bertz CT molecular complexity index is 421. The van der Waals surface area contributed by atoms with Gasteiger partial charge in [0.15, 0.2) is 0 Å². The summed E-state index contributed by atoms with van der Waals surface area (Å²) < 4.78 is 0. The molecule has 0 aromatic heterocycles. The maximum Gasteiger partial charge on any atom is 0.257 e. The number of rotatable bonds is 3. The number of hydrogen-bond donors (Lipinski definition) is 1. The molecule has 0 saturated heterocycles. The lowest BCUT2D eigenvalue weighted by Crippen LogP contribution is -2.31. The first kappa shape index (κ1) is 13.2. The molecule has 1 fully saturated rings. The summed E-state index contributed by atoms with van der Waals surface area (Å²) in [5, 5.41) is 0.429. The summed E-state index contributed by atoms with van der Waals surface area (Å²) in [7, 11) is 1.82. The Balaban J connectivity index is 2.10. The number of nitrogens with zero attached hydrogens (tertiary/aromatic N) is 1. The van der Waals surface area contributed by atoms with Gasteiger partial charge in [0.05, 0.1) is 10.6 Å². The molecular weight excluding hydrogens is 248 g/mol. The Morgan fingerprint density at radius 2 is 2.11 bits per heavy atom. The minimum Gasteiger partial charge on any atom is -0.398 e. The molecule has 2 rings (SSSR count). The summed E-state index contributed by atoms with van der Waals surface area (Å²) >= 11 is 6.06. The van der Waals surface area contributed by atoms with Crippen molar-refractivity contribution in [2.45, 2.75) is 25.7 Å². The summed E-state index contributed by atoms with van der Waals surface area (Å²) in [6, 6.07) is 5.17. The molecule has 2 N–H and O–H groups in total. The number of amides is 1. The van der Waals surface area contributed by atoms with Gasteiger partial charge in [0.1, 0.15) is 0 Å². The van der Waals surface area contributed by atoms with E-state index in [1.165, 1.54) is 25.7 Å². The van der Waals surface area contributed by atoms with Gasteiger partial charge >= 0.3 is 0 Å². The van der Waals surface area contributed by atoms with E-state index < -0.39 is 0 Å². The zero-order valence-corrected chi connectivity index (χ0v) is 11.4. The Kier molecular flexibility index (Phi) is 4.12. The Morgan fingerprint density at radius 3 is 2.72 bits per heavy atom. The first-order chi connectivity index (χ1) is 8.59. The summed E-state index contributed by atoms with van der Waals surface area (Å²) in [5.74, 6) is 0.549. The van der Waals surface area contributed by atoms with Gasteiger partial charge in [-0.05, 0) is 30.9 Å². The largest absolute Gasteiger partial charge is 0.398 e. The minimum atomic E-state index is -0.0787. The molecule has 1 aromatic carbocycles. The first-order valence-corrected chi connectivity index (χ1v) is 6.77. The molecule has 3 nitrogen and oxygen atoms in total. The Labute approximate surface area is 113 Å². The predicted molar refractivity (Wildman–Crippen MR) is 74.8 cm³/mol. The quantitative estimate of drug-likeness (QED) is 0.854. The second-order valence-corrected chi connectivity index (χ2v) is 5.45. The second kappa shape index (κ2) is 5.61. The van der Waals surface area contributed by atoms with E-state index >= 15 is 0 Å². The van der Waals surface area contributed by atoms with Crippen LogP contribution < -0.4 is 5.73 Å². The van der Waals surface area contributed by atoms with Gasteiger partial charge in [0.25, 0.3) is 5.91 Å². The number of anilines is 1. The number of hydrogen-bond acceptors (Lipinski definition) is 2. The molecule has 1 amide bonds. The standard InChI is InChI=1S/C14H19ClN2O/c1-17(9-10-5-2-3-6-10)14(18)13-11(15)7-4-8-12(13)16/h4,7-8,10H,2-3,5-6,9,16H2,1H3. The van der Waals surface area contributed by atoms with Crippen molar-refractivity contribution in [3.8, 4) is 0 Å². The molecule has 0 spiro atoms. The molecule has 1 aromatic rings. The molecule has 0 unspecified atom stereocenters. The summed E-state index contributed by atoms with van der Waals surface area (Å²) in [5.41, 5.74) is 6.72. The van der Waals surface area contributed by atoms with Gasteiger partial charge in [-0.25, -0.2) is 0 Å². The van der Waals surface area contributed by atoms with E-state index in [4.69, 9.17) is 17.3 Å². The van der Waals surface area contributed by atoms with Crippen molar-refractivity contribution in [1.29, 1.82) is 0 Å². The average molecular weight is 267 g/mol. The van der Waals surface area contributed by atoms with Gasteiger partial charge in [-0.1, -0.05) is 30.5 Å².